The minimum Gasteiger partial charge on any atom is -0.493 e. The van der Waals surface area contributed by atoms with Gasteiger partial charge >= 0.3 is 6.18 Å². The second kappa shape index (κ2) is 9.65. The molecule has 0 aliphatic rings. The van der Waals surface area contributed by atoms with Crippen molar-refractivity contribution in [2.24, 2.45) is 0 Å². The van der Waals surface area contributed by atoms with Gasteiger partial charge in [-0.3, -0.25) is 9.59 Å². The summed E-state index contributed by atoms with van der Waals surface area (Å²) in [6, 6.07) is 10.9. The summed E-state index contributed by atoms with van der Waals surface area (Å²) in [5.41, 5.74) is -1.03. The Balaban J connectivity index is 1.95. The van der Waals surface area contributed by atoms with Crippen molar-refractivity contribution >= 4 is 17.5 Å². The lowest BCUT2D eigenvalue weighted by Crippen LogP contribution is -2.37. The fraction of sp³-hybridized carbons (Fsp3) is 0.250. The summed E-state index contributed by atoms with van der Waals surface area (Å²) in [6.45, 7) is -0.913. The molecule has 2 aromatic carbocycles. The number of nitriles is 1. The van der Waals surface area contributed by atoms with E-state index in [1.54, 1.807) is 0 Å². The molecular formula is C20H18F3N3O4. The summed E-state index contributed by atoms with van der Waals surface area (Å²) in [4.78, 5) is 25.3. The van der Waals surface area contributed by atoms with Gasteiger partial charge in [0.15, 0.2) is 18.1 Å². The fourth-order valence-electron chi connectivity index (χ4n) is 2.44. The van der Waals surface area contributed by atoms with E-state index in [1.807, 2.05) is 6.07 Å². The molecule has 2 aromatic rings. The number of nitrogens with zero attached hydrogens (tertiary/aromatic N) is 2. The van der Waals surface area contributed by atoms with Gasteiger partial charge in [-0.25, -0.2) is 0 Å². The van der Waals surface area contributed by atoms with E-state index in [1.165, 1.54) is 44.5 Å². The molecule has 0 radical (unpaired) electrons. The van der Waals surface area contributed by atoms with E-state index in [0.29, 0.717) is 5.56 Å². The molecule has 0 fully saturated rings. The van der Waals surface area contributed by atoms with Gasteiger partial charge in [0, 0.05) is 13.1 Å². The zero-order chi connectivity index (χ0) is 22.3. The highest BCUT2D eigenvalue weighted by Gasteiger charge is 2.33. The molecule has 0 aromatic heterocycles. The SMILES string of the molecule is COc1cc(C#N)ccc1OCC(=O)N(C)CC(=O)Nc1ccccc1C(F)(F)F. The molecule has 0 bridgehead atoms. The Morgan fingerprint density at radius 2 is 1.87 bits per heavy atom. The van der Waals surface area contributed by atoms with Crippen molar-refractivity contribution in [3.05, 3.63) is 53.6 Å². The number of amides is 2. The summed E-state index contributed by atoms with van der Waals surface area (Å²) >= 11 is 0. The first-order valence-corrected chi connectivity index (χ1v) is 8.56. The molecule has 0 aliphatic carbocycles. The number of carbonyl (C=O) groups excluding carboxylic acids is 2. The van der Waals surface area contributed by atoms with Crippen LogP contribution in [0.15, 0.2) is 42.5 Å². The van der Waals surface area contributed by atoms with Crippen LogP contribution in [0.25, 0.3) is 0 Å². The van der Waals surface area contributed by atoms with Crippen molar-refractivity contribution in [2.75, 3.05) is 32.6 Å². The van der Waals surface area contributed by atoms with Crippen LogP contribution in [0.4, 0.5) is 18.9 Å². The molecule has 0 heterocycles. The van der Waals surface area contributed by atoms with Gasteiger partial charge in [-0.05, 0) is 24.3 Å². The molecule has 2 amide bonds. The van der Waals surface area contributed by atoms with E-state index in [4.69, 9.17) is 14.7 Å². The van der Waals surface area contributed by atoms with E-state index < -0.39 is 42.4 Å². The normalized spacial score (nSPS) is 10.7. The Hall–Kier alpha value is -3.74. The number of halogens is 3. The lowest BCUT2D eigenvalue weighted by molar-refractivity contribution is -0.137. The van der Waals surface area contributed by atoms with E-state index in [0.717, 1.165) is 17.0 Å². The Bertz CT molecular complexity index is 970. The van der Waals surface area contributed by atoms with Gasteiger partial charge in [0.2, 0.25) is 5.91 Å². The third-order valence-electron chi connectivity index (χ3n) is 3.96. The van der Waals surface area contributed by atoms with Crippen molar-refractivity contribution in [3.63, 3.8) is 0 Å². The maximum absolute atomic E-state index is 13.0. The number of carbonyl (C=O) groups is 2. The number of benzene rings is 2. The maximum Gasteiger partial charge on any atom is 0.418 e. The molecule has 2 rings (SSSR count). The summed E-state index contributed by atoms with van der Waals surface area (Å²) in [5, 5.41) is 11.0. The average Bonchev–Trinajstić information content (AvgIpc) is 2.71. The molecule has 7 nitrogen and oxygen atoms in total. The van der Waals surface area contributed by atoms with Crippen molar-refractivity contribution in [1.82, 2.24) is 4.90 Å². The number of nitrogens with one attached hydrogen (secondary N) is 1. The lowest BCUT2D eigenvalue weighted by Gasteiger charge is -2.19. The Labute approximate surface area is 170 Å². The lowest BCUT2D eigenvalue weighted by atomic mass is 10.1. The molecule has 0 aliphatic heterocycles. The molecule has 0 unspecified atom stereocenters. The van der Waals surface area contributed by atoms with Crippen LogP contribution >= 0.6 is 0 Å². The van der Waals surface area contributed by atoms with Crippen LogP contribution < -0.4 is 14.8 Å². The van der Waals surface area contributed by atoms with Crippen LogP contribution in [0.3, 0.4) is 0 Å². The zero-order valence-electron chi connectivity index (χ0n) is 16.1. The predicted molar refractivity (Wildman–Crippen MR) is 101 cm³/mol. The first-order chi connectivity index (χ1) is 14.2. The Kier molecular flexibility index (Phi) is 7.25. The Morgan fingerprint density at radius 3 is 2.50 bits per heavy atom. The summed E-state index contributed by atoms with van der Waals surface area (Å²) in [5.74, 6) is -0.896. The van der Waals surface area contributed by atoms with Crippen LogP contribution in [0.2, 0.25) is 0 Å². The minimum absolute atomic E-state index is 0.224. The van der Waals surface area contributed by atoms with Crippen LogP contribution in [-0.4, -0.2) is 44.0 Å². The van der Waals surface area contributed by atoms with Gasteiger partial charge in [-0.2, -0.15) is 18.4 Å². The first kappa shape index (κ1) is 22.5. The molecule has 0 saturated heterocycles. The quantitative estimate of drug-likeness (QED) is 0.742. The largest absolute Gasteiger partial charge is 0.493 e. The van der Waals surface area contributed by atoms with E-state index >= 15 is 0 Å². The van der Waals surface area contributed by atoms with Crippen molar-refractivity contribution in [1.29, 1.82) is 5.26 Å². The van der Waals surface area contributed by atoms with Crippen LogP contribution in [0.1, 0.15) is 11.1 Å². The van der Waals surface area contributed by atoms with Gasteiger partial charge < -0.3 is 19.7 Å². The second-order valence-electron chi connectivity index (χ2n) is 6.11. The minimum atomic E-state index is -4.63. The number of rotatable bonds is 7. The number of hydrogen-bond donors (Lipinski definition) is 1. The number of anilines is 1. The third kappa shape index (κ3) is 5.88. The van der Waals surface area contributed by atoms with Gasteiger partial charge in [0.25, 0.3) is 5.91 Å². The highest BCUT2D eigenvalue weighted by molar-refractivity contribution is 5.95. The molecule has 0 atom stereocenters. The van der Waals surface area contributed by atoms with Crippen LogP contribution in [0, 0.1) is 11.3 Å². The highest BCUT2D eigenvalue weighted by atomic mass is 19.4. The summed E-state index contributed by atoms with van der Waals surface area (Å²) in [7, 11) is 2.69. The van der Waals surface area contributed by atoms with Gasteiger partial charge in [-0.15, -0.1) is 0 Å². The average molecular weight is 421 g/mol. The molecule has 30 heavy (non-hydrogen) atoms. The molecule has 10 heteroatoms. The Morgan fingerprint density at radius 1 is 1.17 bits per heavy atom. The predicted octanol–water partition coefficient (Wildman–Crippen LogP) is 3.06. The van der Waals surface area contributed by atoms with Crippen LogP contribution in [0.5, 0.6) is 11.5 Å². The second-order valence-corrected chi connectivity index (χ2v) is 6.11. The van der Waals surface area contributed by atoms with Gasteiger partial charge in [0.05, 0.1) is 36.5 Å². The molecule has 1 N–H and O–H groups in total. The van der Waals surface area contributed by atoms with E-state index in [-0.39, 0.29) is 11.5 Å². The summed E-state index contributed by atoms with van der Waals surface area (Å²) < 4.78 is 49.5. The topological polar surface area (TPSA) is 91.7 Å². The standard InChI is InChI=1S/C20H18F3N3O4/c1-26(11-18(27)25-15-6-4-3-5-14(15)20(21,22)23)19(28)12-30-16-8-7-13(10-24)9-17(16)29-2/h3-9H,11-12H2,1-2H3,(H,25,27). The van der Waals surface area contributed by atoms with Gasteiger partial charge in [-0.1, -0.05) is 12.1 Å². The monoisotopic (exact) mass is 421 g/mol. The molecule has 0 saturated carbocycles. The fourth-order valence-corrected chi connectivity index (χ4v) is 2.44. The molecule has 0 spiro atoms. The van der Waals surface area contributed by atoms with Gasteiger partial charge in [0.1, 0.15) is 0 Å². The molecular weight excluding hydrogens is 403 g/mol. The molecule has 158 valence electrons. The van der Waals surface area contributed by atoms with Crippen molar-refractivity contribution in [3.8, 4) is 17.6 Å². The van der Waals surface area contributed by atoms with E-state index in [9.17, 15) is 22.8 Å². The number of methoxy groups -OCH3 is 1. The number of alkyl halides is 3. The highest BCUT2D eigenvalue weighted by Crippen LogP contribution is 2.34. The zero-order valence-corrected chi connectivity index (χ0v) is 16.1. The maximum atomic E-state index is 13.0. The van der Waals surface area contributed by atoms with Crippen molar-refractivity contribution in [2.45, 2.75) is 6.18 Å². The van der Waals surface area contributed by atoms with Crippen LogP contribution in [-0.2, 0) is 15.8 Å². The summed E-state index contributed by atoms with van der Waals surface area (Å²) in [6.07, 6.45) is -4.63. The number of likely N-dealkylation sites (N-methyl/N-ethyl adjacent to an activating group) is 1. The number of para-hydroxylation sites is 1. The number of ether oxygens (including phenoxy) is 2. The first-order valence-electron chi connectivity index (χ1n) is 8.56. The van der Waals surface area contributed by atoms with E-state index in [2.05, 4.69) is 5.32 Å². The smallest absolute Gasteiger partial charge is 0.418 e. The number of hydrogen-bond acceptors (Lipinski definition) is 5. The third-order valence-corrected chi connectivity index (χ3v) is 3.96. The van der Waals surface area contributed by atoms with Crippen molar-refractivity contribution < 1.29 is 32.2 Å².